The van der Waals surface area contributed by atoms with Crippen molar-refractivity contribution in [3.8, 4) is 5.69 Å². The maximum Gasteiger partial charge on any atom is 0.255 e. The number of carbonyl (C=O) groups is 1. The number of hydrogen-bond acceptors (Lipinski definition) is 3. The minimum atomic E-state index is -0.145. The second-order valence-electron chi connectivity index (χ2n) is 6.13. The Bertz CT molecular complexity index is 898. The zero-order valence-corrected chi connectivity index (χ0v) is 15.3. The van der Waals surface area contributed by atoms with Crippen molar-refractivity contribution in [1.29, 1.82) is 0 Å². The Balaban J connectivity index is 1.76. The summed E-state index contributed by atoms with van der Waals surface area (Å²) in [5.41, 5.74) is 5.29. The lowest BCUT2D eigenvalue weighted by Gasteiger charge is -2.11. The lowest BCUT2D eigenvalue weighted by Crippen LogP contribution is -2.13. The number of para-hydroxylation sites is 1. The maximum absolute atomic E-state index is 12.6. The van der Waals surface area contributed by atoms with Gasteiger partial charge in [0.2, 0.25) is 0 Å². The largest absolute Gasteiger partial charge is 0.377 e. The molecular weight excluding hydrogens is 326 g/mol. The normalized spacial score (nSPS) is 10.7. The highest BCUT2D eigenvalue weighted by Gasteiger charge is 2.10. The van der Waals surface area contributed by atoms with Crippen LogP contribution in [0.5, 0.6) is 0 Å². The van der Waals surface area contributed by atoms with Crippen LogP contribution in [0.15, 0.2) is 54.6 Å². The van der Waals surface area contributed by atoms with Crippen LogP contribution < -0.4 is 5.32 Å². The average molecular weight is 349 g/mol. The molecule has 0 spiro atoms. The topological polar surface area (TPSA) is 56.1 Å². The summed E-state index contributed by atoms with van der Waals surface area (Å²) in [6.45, 7) is 7.03. The number of ether oxygens (including phenoxy) is 1. The highest BCUT2D eigenvalue weighted by Crippen LogP contribution is 2.18. The lowest BCUT2D eigenvalue weighted by molar-refractivity contribution is 0.102. The number of rotatable bonds is 6. The van der Waals surface area contributed by atoms with Gasteiger partial charge < -0.3 is 10.1 Å². The standard InChI is InChI=1S/C21H23N3O2/c1-4-26-14-18-7-5-6-8-20(18)22-21(25)17-9-11-19(12-10-17)24-16(3)13-15(2)23-24/h5-13H,4,14H2,1-3H3,(H,22,25). The van der Waals surface area contributed by atoms with Crippen LogP contribution in [0.3, 0.4) is 0 Å². The number of nitrogens with zero attached hydrogens (tertiary/aromatic N) is 2. The number of aryl methyl sites for hydroxylation is 2. The van der Waals surface area contributed by atoms with Gasteiger partial charge >= 0.3 is 0 Å². The average Bonchev–Trinajstić information content (AvgIpc) is 2.99. The van der Waals surface area contributed by atoms with Crippen molar-refractivity contribution in [2.24, 2.45) is 0 Å². The predicted molar refractivity (Wildman–Crippen MR) is 103 cm³/mol. The van der Waals surface area contributed by atoms with Crippen molar-refractivity contribution in [1.82, 2.24) is 9.78 Å². The quantitative estimate of drug-likeness (QED) is 0.723. The Morgan fingerprint density at radius 3 is 2.50 bits per heavy atom. The molecule has 0 atom stereocenters. The minimum Gasteiger partial charge on any atom is -0.377 e. The molecule has 134 valence electrons. The first-order valence-electron chi connectivity index (χ1n) is 8.69. The number of nitrogens with one attached hydrogen (secondary N) is 1. The molecule has 3 rings (SSSR count). The molecule has 26 heavy (non-hydrogen) atoms. The monoisotopic (exact) mass is 349 g/mol. The van der Waals surface area contributed by atoms with Crippen molar-refractivity contribution in [3.63, 3.8) is 0 Å². The summed E-state index contributed by atoms with van der Waals surface area (Å²) >= 11 is 0. The van der Waals surface area contributed by atoms with Crippen LogP contribution in [0.4, 0.5) is 5.69 Å². The summed E-state index contributed by atoms with van der Waals surface area (Å²) in [5, 5.41) is 7.43. The van der Waals surface area contributed by atoms with E-state index in [4.69, 9.17) is 4.74 Å². The highest BCUT2D eigenvalue weighted by atomic mass is 16.5. The molecule has 1 N–H and O–H groups in total. The van der Waals surface area contributed by atoms with E-state index in [2.05, 4.69) is 10.4 Å². The molecule has 0 unspecified atom stereocenters. The van der Waals surface area contributed by atoms with Crippen molar-refractivity contribution >= 4 is 11.6 Å². The third-order valence-electron chi connectivity index (χ3n) is 4.11. The zero-order valence-electron chi connectivity index (χ0n) is 15.3. The van der Waals surface area contributed by atoms with E-state index < -0.39 is 0 Å². The summed E-state index contributed by atoms with van der Waals surface area (Å²) in [7, 11) is 0. The molecule has 0 aliphatic rings. The van der Waals surface area contributed by atoms with E-state index in [9.17, 15) is 4.79 Å². The molecule has 0 saturated carbocycles. The molecule has 5 nitrogen and oxygen atoms in total. The predicted octanol–water partition coefficient (Wildman–Crippen LogP) is 4.28. The van der Waals surface area contributed by atoms with E-state index in [1.807, 2.05) is 80.1 Å². The SMILES string of the molecule is CCOCc1ccccc1NC(=O)c1ccc(-n2nc(C)cc2C)cc1. The van der Waals surface area contributed by atoms with Crippen molar-refractivity contribution in [2.75, 3.05) is 11.9 Å². The van der Waals surface area contributed by atoms with Gasteiger partial charge in [-0.2, -0.15) is 5.10 Å². The van der Waals surface area contributed by atoms with Crippen LogP contribution in [-0.2, 0) is 11.3 Å². The first-order valence-corrected chi connectivity index (χ1v) is 8.69. The van der Waals surface area contributed by atoms with Crippen LogP contribution in [-0.4, -0.2) is 22.3 Å². The number of carbonyl (C=O) groups excluding carboxylic acids is 1. The van der Waals surface area contributed by atoms with Gasteiger partial charge in [0.1, 0.15) is 0 Å². The fourth-order valence-electron chi connectivity index (χ4n) is 2.82. The summed E-state index contributed by atoms with van der Waals surface area (Å²) in [5.74, 6) is -0.145. The van der Waals surface area contributed by atoms with Gasteiger partial charge in [-0.3, -0.25) is 4.79 Å². The molecule has 0 aliphatic heterocycles. The maximum atomic E-state index is 12.6. The van der Waals surface area contributed by atoms with Gasteiger partial charge in [0.05, 0.1) is 18.0 Å². The van der Waals surface area contributed by atoms with Gasteiger partial charge in [0.25, 0.3) is 5.91 Å². The number of amides is 1. The number of benzene rings is 2. The Kier molecular flexibility index (Phi) is 5.49. The van der Waals surface area contributed by atoms with Gasteiger partial charge in [-0.15, -0.1) is 0 Å². The van der Waals surface area contributed by atoms with Crippen LogP contribution in [0.2, 0.25) is 0 Å². The van der Waals surface area contributed by atoms with Crippen LogP contribution >= 0.6 is 0 Å². The van der Waals surface area contributed by atoms with Gasteiger partial charge in [-0.1, -0.05) is 18.2 Å². The van der Waals surface area contributed by atoms with Gasteiger partial charge in [0.15, 0.2) is 0 Å². The van der Waals surface area contributed by atoms with Crippen molar-refractivity contribution < 1.29 is 9.53 Å². The number of anilines is 1. The van der Waals surface area contributed by atoms with Crippen LogP contribution in [0.25, 0.3) is 5.69 Å². The molecule has 5 heteroatoms. The molecule has 2 aromatic carbocycles. The fourth-order valence-corrected chi connectivity index (χ4v) is 2.82. The second-order valence-corrected chi connectivity index (χ2v) is 6.13. The van der Waals surface area contributed by atoms with E-state index in [0.717, 1.165) is 28.3 Å². The smallest absolute Gasteiger partial charge is 0.255 e. The third kappa shape index (κ3) is 4.00. The molecule has 0 aliphatic carbocycles. The molecular formula is C21H23N3O2. The number of aromatic nitrogens is 2. The zero-order chi connectivity index (χ0) is 18.5. The summed E-state index contributed by atoms with van der Waals surface area (Å²) in [6, 6.07) is 17.1. The summed E-state index contributed by atoms with van der Waals surface area (Å²) in [4.78, 5) is 12.6. The lowest BCUT2D eigenvalue weighted by atomic mass is 10.1. The van der Waals surface area contributed by atoms with E-state index in [-0.39, 0.29) is 5.91 Å². The fraction of sp³-hybridized carbons (Fsp3) is 0.238. The first-order chi connectivity index (χ1) is 12.6. The minimum absolute atomic E-state index is 0.145. The Labute approximate surface area is 153 Å². The summed E-state index contributed by atoms with van der Waals surface area (Å²) < 4.78 is 7.33. The van der Waals surface area contributed by atoms with Crippen LogP contribution in [0.1, 0.15) is 34.2 Å². The molecule has 1 amide bonds. The molecule has 1 aromatic heterocycles. The van der Waals surface area contributed by atoms with Crippen LogP contribution in [0, 0.1) is 13.8 Å². The van der Waals surface area contributed by atoms with Crippen molar-refractivity contribution in [3.05, 3.63) is 77.1 Å². The molecule has 3 aromatic rings. The van der Waals surface area contributed by atoms with E-state index >= 15 is 0 Å². The molecule has 0 radical (unpaired) electrons. The second kappa shape index (κ2) is 7.97. The molecule has 0 bridgehead atoms. The van der Waals surface area contributed by atoms with Gasteiger partial charge in [-0.05, 0) is 57.2 Å². The van der Waals surface area contributed by atoms with Gasteiger partial charge in [0, 0.05) is 29.1 Å². The van der Waals surface area contributed by atoms with E-state index in [1.54, 1.807) is 0 Å². The van der Waals surface area contributed by atoms with E-state index in [0.29, 0.717) is 18.8 Å². The van der Waals surface area contributed by atoms with Gasteiger partial charge in [-0.25, -0.2) is 4.68 Å². The third-order valence-corrected chi connectivity index (χ3v) is 4.11. The Morgan fingerprint density at radius 1 is 1.12 bits per heavy atom. The van der Waals surface area contributed by atoms with E-state index in [1.165, 1.54) is 0 Å². The molecule has 0 fully saturated rings. The molecule has 0 saturated heterocycles. The first kappa shape index (κ1) is 17.9. The van der Waals surface area contributed by atoms with Crippen molar-refractivity contribution in [2.45, 2.75) is 27.4 Å². The highest BCUT2D eigenvalue weighted by molar-refractivity contribution is 6.04. The molecule has 1 heterocycles. The number of hydrogen-bond donors (Lipinski definition) is 1. The summed E-state index contributed by atoms with van der Waals surface area (Å²) in [6.07, 6.45) is 0. The Hall–Kier alpha value is -2.92. The Morgan fingerprint density at radius 2 is 1.85 bits per heavy atom.